The molecule has 2 heterocycles. The van der Waals surface area contributed by atoms with Crippen molar-refractivity contribution in [1.29, 1.82) is 0 Å². The van der Waals surface area contributed by atoms with Crippen LogP contribution in [0, 0.1) is 11.8 Å². The molecule has 0 saturated carbocycles. The Bertz CT molecular complexity index is 671. The minimum absolute atomic E-state index is 0. The summed E-state index contributed by atoms with van der Waals surface area (Å²) in [5.41, 5.74) is 1.88. The van der Waals surface area contributed by atoms with Gasteiger partial charge in [0.2, 0.25) is 5.91 Å². The molecule has 0 radical (unpaired) electrons. The predicted octanol–water partition coefficient (Wildman–Crippen LogP) is 3.42. The number of benzene rings is 1. The van der Waals surface area contributed by atoms with Gasteiger partial charge in [0.05, 0.1) is 12.3 Å². The number of ether oxygens (including phenoxy) is 1. The highest BCUT2D eigenvalue weighted by Gasteiger charge is 2.29. The van der Waals surface area contributed by atoms with Crippen LogP contribution in [0.5, 0.6) is 5.75 Å². The molecule has 1 aromatic carbocycles. The van der Waals surface area contributed by atoms with Gasteiger partial charge >= 0.3 is 0 Å². The number of halogens is 1. The maximum absolute atomic E-state index is 12.2. The van der Waals surface area contributed by atoms with Crippen LogP contribution in [0.1, 0.15) is 13.8 Å². The SMILES string of the molecule is CCOc1ccc(-c2csc(NC(=O)C(C)C3CNC3)n2)cc1.Cl. The molecule has 1 fully saturated rings. The molecule has 0 bridgehead atoms. The Morgan fingerprint density at radius 1 is 1.42 bits per heavy atom. The average molecular weight is 368 g/mol. The van der Waals surface area contributed by atoms with Crippen molar-refractivity contribution in [3.05, 3.63) is 29.6 Å². The summed E-state index contributed by atoms with van der Waals surface area (Å²) in [4.78, 5) is 16.7. The van der Waals surface area contributed by atoms with Gasteiger partial charge in [-0.1, -0.05) is 6.92 Å². The first kappa shape index (κ1) is 18.7. The van der Waals surface area contributed by atoms with Gasteiger partial charge in [-0.3, -0.25) is 4.79 Å². The number of carbonyl (C=O) groups is 1. The number of thiazole rings is 1. The summed E-state index contributed by atoms with van der Waals surface area (Å²) in [6.07, 6.45) is 0. The fourth-order valence-electron chi connectivity index (χ4n) is 2.45. The second kappa shape index (κ2) is 8.46. The fourth-order valence-corrected chi connectivity index (χ4v) is 3.17. The third-order valence-corrected chi connectivity index (χ3v) is 4.89. The maximum Gasteiger partial charge on any atom is 0.229 e. The van der Waals surface area contributed by atoms with Crippen molar-refractivity contribution in [3.63, 3.8) is 0 Å². The standard InChI is InChI=1S/C17H21N3O2S.ClH/c1-3-22-14-6-4-12(5-7-14)15-10-23-17(19-15)20-16(21)11(2)13-8-18-9-13;/h4-7,10-11,13,18H,3,8-9H2,1-2H3,(H,19,20,21);1H. The predicted molar refractivity (Wildman–Crippen MR) is 100 cm³/mol. The number of anilines is 1. The zero-order valence-electron chi connectivity index (χ0n) is 13.7. The molecule has 2 N–H and O–H groups in total. The molecule has 2 aromatic rings. The van der Waals surface area contributed by atoms with E-state index in [4.69, 9.17) is 4.74 Å². The van der Waals surface area contributed by atoms with Crippen LogP contribution in [0.2, 0.25) is 0 Å². The van der Waals surface area contributed by atoms with Crippen LogP contribution in [-0.2, 0) is 4.79 Å². The molecule has 1 aliphatic heterocycles. The second-order valence-electron chi connectivity index (χ2n) is 5.69. The largest absolute Gasteiger partial charge is 0.494 e. The van der Waals surface area contributed by atoms with Crippen LogP contribution in [0.4, 0.5) is 5.13 Å². The number of carbonyl (C=O) groups excluding carboxylic acids is 1. The minimum Gasteiger partial charge on any atom is -0.494 e. The Hall–Kier alpha value is -1.63. The summed E-state index contributed by atoms with van der Waals surface area (Å²) in [5.74, 6) is 1.33. The molecule has 130 valence electrons. The zero-order valence-corrected chi connectivity index (χ0v) is 15.4. The van der Waals surface area contributed by atoms with Gasteiger partial charge in [0.25, 0.3) is 0 Å². The molecule has 0 aliphatic carbocycles. The number of nitrogens with zero attached hydrogens (tertiary/aromatic N) is 1. The van der Waals surface area contributed by atoms with E-state index >= 15 is 0 Å². The van der Waals surface area contributed by atoms with Gasteiger partial charge in [0.15, 0.2) is 5.13 Å². The molecule has 7 heteroatoms. The van der Waals surface area contributed by atoms with E-state index in [2.05, 4.69) is 15.6 Å². The topological polar surface area (TPSA) is 63.2 Å². The van der Waals surface area contributed by atoms with E-state index in [1.54, 1.807) is 0 Å². The lowest BCUT2D eigenvalue weighted by molar-refractivity contribution is -0.121. The molecule has 1 atom stereocenters. The van der Waals surface area contributed by atoms with Crippen molar-refractivity contribution in [1.82, 2.24) is 10.3 Å². The molecule has 3 rings (SSSR count). The number of amides is 1. The summed E-state index contributed by atoms with van der Waals surface area (Å²) in [6, 6.07) is 7.83. The van der Waals surface area contributed by atoms with Gasteiger partial charge in [0, 0.05) is 16.9 Å². The Morgan fingerprint density at radius 2 is 2.12 bits per heavy atom. The Kier molecular flexibility index (Phi) is 6.60. The van der Waals surface area contributed by atoms with Crippen molar-refractivity contribution < 1.29 is 9.53 Å². The third-order valence-electron chi connectivity index (χ3n) is 4.13. The third kappa shape index (κ3) is 4.26. The molecule has 1 aromatic heterocycles. The quantitative estimate of drug-likeness (QED) is 0.821. The molecule has 24 heavy (non-hydrogen) atoms. The average Bonchev–Trinajstić information content (AvgIpc) is 2.95. The highest BCUT2D eigenvalue weighted by atomic mass is 35.5. The van der Waals surface area contributed by atoms with E-state index in [-0.39, 0.29) is 24.2 Å². The molecule has 1 saturated heterocycles. The Labute approximate surface area is 152 Å². The van der Waals surface area contributed by atoms with Crippen molar-refractivity contribution >= 4 is 34.8 Å². The number of hydrogen-bond acceptors (Lipinski definition) is 5. The number of hydrogen-bond donors (Lipinski definition) is 2. The molecule has 1 amide bonds. The first-order valence-electron chi connectivity index (χ1n) is 7.87. The number of rotatable bonds is 6. The van der Waals surface area contributed by atoms with Crippen LogP contribution >= 0.6 is 23.7 Å². The summed E-state index contributed by atoms with van der Waals surface area (Å²) in [7, 11) is 0. The van der Waals surface area contributed by atoms with Gasteiger partial charge in [-0.2, -0.15) is 0 Å². The number of aromatic nitrogens is 1. The molecule has 0 spiro atoms. The summed E-state index contributed by atoms with van der Waals surface area (Å²) in [6.45, 7) is 6.43. The first-order valence-corrected chi connectivity index (χ1v) is 8.75. The molecular weight excluding hydrogens is 346 g/mol. The second-order valence-corrected chi connectivity index (χ2v) is 6.55. The van der Waals surface area contributed by atoms with Gasteiger partial charge in [0.1, 0.15) is 5.75 Å². The van der Waals surface area contributed by atoms with Crippen molar-refractivity contribution in [2.45, 2.75) is 13.8 Å². The van der Waals surface area contributed by atoms with Crippen LogP contribution in [0.15, 0.2) is 29.6 Å². The van der Waals surface area contributed by atoms with Gasteiger partial charge in [-0.25, -0.2) is 4.98 Å². The molecule has 1 unspecified atom stereocenters. The van der Waals surface area contributed by atoms with E-state index < -0.39 is 0 Å². The smallest absolute Gasteiger partial charge is 0.229 e. The highest BCUT2D eigenvalue weighted by Crippen LogP contribution is 2.27. The van der Waals surface area contributed by atoms with Gasteiger partial charge in [-0.05, 0) is 50.2 Å². The van der Waals surface area contributed by atoms with Crippen molar-refractivity contribution in [2.75, 3.05) is 25.0 Å². The van der Waals surface area contributed by atoms with Crippen molar-refractivity contribution in [2.24, 2.45) is 11.8 Å². The highest BCUT2D eigenvalue weighted by molar-refractivity contribution is 7.14. The summed E-state index contributed by atoms with van der Waals surface area (Å²) >= 11 is 1.45. The number of nitrogens with one attached hydrogen (secondary N) is 2. The Morgan fingerprint density at radius 3 is 2.71 bits per heavy atom. The lowest BCUT2D eigenvalue weighted by Gasteiger charge is -2.31. The maximum atomic E-state index is 12.2. The Balaban J connectivity index is 0.00000208. The molecule has 1 aliphatic rings. The van der Waals surface area contributed by atoms with E-state index in [9.17, 15) is 4.79 Å². The van der Waals surface area contributed by atoms with Crippen molar-refractivity contribution in [3.8, 4) is 17.0 Å². The fraction of sp³-hybridized carbons (Fsp3) is 0.412. The minimum atomic E-state index is 0. The van der Waals surface area contributed by atoms with Gasteiger partial charge < -0.3 is 15.4 Å². The normalized spacial score (nSPS) is 15.1. The first-order chi connectivity index (χ1) is 11.2. The van der Waals surface area contributed by atoms with Crippen LogP contribution < -0.4 is 15.4 Å². The van der Waals surface area contributed by atoms with E-state index in [1.807, 2.05) is 43.5 Å². The van der Waals surface area contributed by atoms with E-state index in [1.165, 1.54) is 11.3 Å². The summed E-state index contributed by atoms with van der Waals surface area (Å²) < 4.78 is 5.44. The van der Waals surface area contributed by atoms with Crippen LogP contribution in [0.3, 0.4) is 0 Å². The summed E-state index contributed by atoms with van der Waals surface area (Å²) in [5, 5.41) is 8.74. The van der Waals surface area contributed by atoms with E-state index in [0.717, 1.165) is 30.1 Å². The molecule has 5 nitrogen and oxygen atoms in total. The van der Waals surface area contributed by atoms with Crippen LogP contribution in [-0.4, -0.2) is 30.6 Å². The lowest BCUT2D eigenvalue weighted by atomic mass is 9.88. The van der Waals surface area contributed by atoms with E-state index in [0.29, 0.717) is 17.7 Å². The van der Waals surface area contributed by atoms with Gasteiger partial charge in [-0.15, -0.1) is 23.7 Å². The zero-order chi connectivity index (χ0) is 16.2. The molecular formula is C17H22ClN3O2S. The lowest BCUT2D eigenvalue weighted by Crippen LogP contribution is -2.48. The monoisotopic (exact) mass is 367 g/mol. The van der Waals surface area contributed by atoms with Crippen LogP contribution in [0.25, 0.3) is 11.3 Å².